The zero-order valence-electron chi connectivity index (χ0n) is 9.66. The van der Waals surface area contributed by atoms with Crippen molar-refractivity contribution >= 4 is 5.69 Å². The summed E-state index contributed by atoms with van der Waals surface area (Å²) in [7, 11) is 4.16. The molecular formula is C13H20N2. The molecule has 15 heavy (non-hydrogen) atoms. The molecule has 82 valence electrons. The van der Waals surface area contributed by atoms with Crippen molar-refractivity contribution in [2.75, 3.05) is 25.5 Å². The molecule has 1 aromatic carbocycles. The fourth-order valence-corrected chi connectivity index (χ4v) is 2.33. The van der Waals surface area contributed by atoms with Gasteiger partial charge in [0, 0.05) is 31.7 Å². The third kappa shape index (κ3) is 1.74. The van der Waals surface area contributed by atoms with Gasteiger partial charge in [-0.25, -0.2) is 0 Å². The molecule has 0 radical (unpaired) electrons. The smallest absolute Gasteiger partial charge is 0.0363 e. The molecule has 1 aliphatic rings. The van der Waals surface area contributed by atoms with Crippen LogP contribution in [0.4, 0.5) is 5.69 Å². The van der Waals surface area contributed by atoms with Crippen molar-refractivity contribution < 1.29 is 0 Å². The molecular weight excluding hydrogens is 184 g/mol. The van der Waals surface area contributed by atoms with Gasteiger partial charge >= 0.3 is 0 Å². The second kappa shape index (κ2) is 3.86. The van der Waals surface area contributed by atoms with Crippen LogP contribution in [0.3, 0.4) is 0 Å². The zero-order valence-corrected chi connectivity index (χ0v) is 9.66. The number of benzene rings is 1. The predicted octanol–water partition coefficient (Wildman–Crippen LogP) is 2.13. The van der Waals surface area contributed by atoms with Crippen LogP contribution in [-0.2, 0) is 5.41 Å². The van der Waals surface area contributed by atoms with Crippen LogP contribution in [0.5, 0.6) is 0 Å². The van der Waals surface area contributed by atoms with Crippen molar-refractivity contribution in [1.29, 1.82) is 0 Å². The van der Waals surface area contributed by atoms with Crippen LogP contribution in [0.25, 0.3) is 0 Å². The largest absolute Gasteiger partial charge is 0.378 e. The summed E-state index contributed by atoms with van der Waals surface area (Å²) in [5.41, 5.74) is 8.89. The maximum absolute atomic E-state index is 5.91. The fourth-order valence-electron chi connectivity index (χ4n) is 2.33. The molecule has 2 rings (SSSR count). The summed E-state index contributed by atoms with van der Waals surface area (Å²) in [6, 6.07) is 8.79. The molecule has 0 aromatic heterocycles. The number of nitrogens with two attached hydrogens (primary N) is 1. The Hall–Kier alpha value is -1.02. The average molecular weight is 204 g/mol. The maximum Gasteiger partial charge on any atom is 0.0363 e. The Morgan fingerprint density at radius 2 is 2.07 bits per heavy atom. The van der Waals surface area contributed by atoms with Gasteiger partial charge in [-0.1, -0.05) is 18.6 Å². The molecule has 0 saturated heterocycles. The monoisotopic (exact) mass is 204 g/mol. The van der Waals surface area contributed by atoms with E-state index in [2.05, 4.69) is 43.3 Å². The number of anilines is 1. The molecule has 2 nitrogen and oxygen atoms in total. The minimum absolute atomic E-state index is 0.284. The molecule has 0 aliphatic heterocycles. The van der Waals surface area contributed by atoms with Gasteiger partial charge in [-0.05, 0) is 30.5 Å². The first-order valence-electron chi connectivity index (χ1n) is 5.66. The molecule has 0 atom stereocenters. The second-order valence-corrected chi connectivity index (χ2v) is 4.78. The third-order valence-corrected chi connectivity index (χ3v) is 3.68. The summed E-state index contributed by atoms with van der Waals surface area (Å²) < 4.78 is 0. The van der Waals surface area contributed by atoms with Crippen molar-refractivity contribution in [3.05, 3.63) is 29.8 Å². The second-order valence-electron chi connectivity index (χ2n) is 4.78. The Morgan fingerprint density at radius 3 is 2.53 bits per heavy atom. The van der Waals surface area contributed by atoms with E-state index in [0.717, 1.165) is 6.54 Å². The van der Waals surface area contributed by atoms with Crippen LogP contribution in [0.15, 0.2) is 24.3 Å². The first-order chi connectivity index (χ1) is 7.18. The SMILES string of the molecule is CN(C)c1cccc(C2(CN)CCC2)c1. The number of nitrogens with zero attached hydrogens (tertiary/aromatic N) is 1. The van der Waals surface area contributed by atoms with E-state index in [1.54, 1.807) is 0 Å². The molecule has 0 bridgehead atoms. The lowest BCUT2D eigenvalue weighted by Crippen LogP contribution is -2.41. The summed E-state index contributed by atoms with van der Waals surface area (Å²) in [5, 5.41) is 0. The predicted molar refractivity (Wildman–Crippen MR) is 65.4 cm³/mol. The van der Waals surface area contributed by atoms with E-state index in [-0.39, 0.29) is 5.41 Å². The van der Waals surface area contributed by atoms with Gasteiger partial charge in [0.2, 0.25) is 0 Å². The van der Waals surface area contributed by atoms with E-state index < -0.39 is 0 Å². The normalized spacial score (nSPS) is 18.3. The maximum atomic E-state index is 5.91. The average Bonchev–Trinajstić information content (AvgIpc) is 2.17. The highest BCUT2D eigenvalue weighted by molar-refractivity contribution is 5.49. The van der Waals surface area contributed by atoms with Crippen LogP contribution in [0.2, 0.25) is 0 Å². The number of hydrogen-bond donors (Lipinski definition) is 1. The van der Waals surface area contributed by atoms with Crippen LogP contribution >= 0.6 is 0 Å². The lowest BCUT2D eigenvalue weighted by molar-refractivity contribution is 0.253. The summed E-state index contributed by atoms with van der Waals surface area (Å²) in [6.07, 6.45) is 3.82. The summed E-state index contributed by atoms with van der Waals surface area (Å²) >= 11 is 0. The van der Waals surface area contributed by atoms with Crippen LogP contribution in [-0.4, -0.2) is 20.6 Å². The van der Waals surface area contributed by atoms with Gasteiger partial charge in [0.1, 0.15) is 0 Å². The highest BCUT2D eigenvalue weighted by Crippen LogP contribution is 2.43. The number of hydrogen-bond acceptors (Lipinski definition) is 2. The van der Waals surface area contributed by atoms with Gasteiger partial charge in [0.25, 0.3) is 0 Å². The van der Waals surface area contributed by atoms with E-state index in [1.807, 2.05) is 0 Å². The molecule has 0 amide bonds. The topological polar surface area (TPSA) is 29.3 Å². The van der Waals surface area contributed by atoms with Crippen molar-refractivity contribution in [3.63, 3.8) is 0 Å². The van der Waals surface area contributed by atoms with E-state index in [0.29, 0.717) is 0 Å². The Bertz CT molecular complexity index is 335. The van der Waals surface area contributed by atoms with E-state index in [4.69, 9.17) is 5.73 Å². The van der Waals surface area contributed by atoms with Crippen molar-refractivity contribution in [2.24, 2.45) is 5.73 Å². The highest BCUT2D eigenvalue weighted by atomic mass is 15.1. The zero-order chi connectivity index (χ0) is 10.9. The van der Waals surface area contributed by atoms with E-state index in [9.17, 15) is 0 Å². The van der Waals surface area contributed by atoms with Crippen molar-refractivity contribution in [2.45, 2.75) is 24.7 Å². The van der Waals surface area contributed by atoms with Crippen molar-refractivity contribution in [3.8, 4) is 0 Å². The molecule has 2 N–H and O–H groups in total. The van der Waals surface area contributed by atoms with Gasteiger partial charge in [0.15, 0.2) is 0 Å². The molecule has 0 heterocycles. The first-order valence-corrected chi connectivity index (χ1v) is 5.66. The number of rotatable bonds is 3. The van der Waals surface area contributed by atoms with Crippen LogP contribution in [0, 0.1) is 0 Å². The molecule has 0 spiro atoms. The lowest BCUT2D eigenvalue weighted by Gasteiger charge is -2.41. The molecule has 0 unspecified atom stereocenters. The minimum Gasteiger partial charge on any atom is -0.378 e. The minimum atomic E-state index is 0.284. The molecule has 1 fully saturated rings. The highest BCUT2D eigenvalue weighted by Gasteiger charge is 2.37. The van der Waals surface area contributed by atoms with Gasteiger partial charge in [0.05, 0.1) is 0 Å². The van der Waals surface area contributed by atoms with E-state index >= 15 is 0 Å². The van der Waals surface area contributed by atoms with Crippen molar-refractivity contribution in [1.82, 2.24) is 0 Å². The lowest BCUT2D eigenvalue weighted by atomic mass is 9.64. The Balaban J connectivity index is 2.31. The Kier molecular flexibility index (Phi) is 2.70. The molecule has 2 heteroatoms. The summed E-state index contributed by atoms with van der Waals surface area (Å²) in [5.74, 6) is 0. The Morgan fingerprint density at radius 1 is 1.33 bits per heavy atom. The first kappa shape index (κ1) is 10.5. The Labute approximate surface area is 92.1 Å². The van der Waals surface area contributed by atoms with Gasteiger partial charge in [-0.3, -0.25) is 0 Å². The van der Waals surface area contributed by atoms with Gasteiger partial charge in [-0.2, -0.15) is 0 Å². The van der Waals surface area contributed by atoms with E-state index in [1.165, 1.54) is 30.5 Å². The molecule has 1 aliphatic carbocycles. The molecule has 1 saturated carbocycles. The van der Waals surface area contributed by atoms with Gasteiger partial charge < -0.3 is 10.6 Å². The van der Waals surface area contributed by atoms with Gasteiger partial charge in [-0.15, -0.1) is 0 Å². The molecule has 1 aromatic rings. The fraction of sp³-hybridized carbons (Fsp3) is 0.538. The summed E-state index contributed by atoms with van der Waals surface area (Å²) in [4.78, 5) is 2.15. The quantitative estimate of drug-likeness (QED) is 0.817. The van der Waals surface area contributed by atoms with Crippen LogP contribution < -0.4 is 10.6 Å². The third-order valence-electron chi connectivity index (χ3n) is 3.68. The van der Waals surface area contributed by atoms with Crippen LogP contribution in [0.1, 0.15) is 24.8 Å². The summed E-state index contributed by atoms with van der Waals surface area (Å²) in [6.45, 7) is 0.782. The standard InChI is InChI=1S/C13H20N2/c1-15(2)12-6-3-5-11(9-12)13(10-14)7-4-8-13/h3,5-6,9H,4,7-8,10,14H2,1-2H3.